The lowest BCUT2D eigenvalue weighted by Gasteiger charge is -2.36. The summed E-state index contributed by atoms with van der Waals surface area (Å²) in [5, 5.41) is 4.64. The van der Waals surface area contributed by atoms with Crippen LogP contribution in [-0.4, -0.2) is 54.1 Å². The molecule has 2 aromatic heterocycles. The van der Waals surface area contributed by atoms with Gasteiger partial charge in [-0.05, 0) is 42.9 Å². The fraction of sp³-hybridized carbons (Fsp3) is 0.579. The molecule has 1 saturated heterocycles. The van der Waals surface area contributed by atoms with Gasteiger partial charge in [0.2, 0.25) is 0 Å². The molecular weight excluding hydrogens is 334 g/mol. The maximum absolute atomic E-state index is 12.9. The number of carbonyl (C=O) groups is 1. The van der Waals surface area contributed by atoms with Crippen LogP contribution in [0.2, 0.25) is 0 Å². The summed E-state index contributed by atoms with van der Waals surface area (Å²) in [4.78, 5) is 14.8. The van der Waals surface area contributed by atoms with Crippen LogP contribution in [0.15, 0.2) is 29.0 Å². The van der Waals surface area contributed by atoms with Crippen LogP contribution in [0.25, 0.3) is 0 Å². The second-order valence-electron chi connectivity index (χ2n) is 6.99. The Morgan fingerprint density at radius 1 is 1.38 bits per heavy atom. The van der Waals surface area contributed by atoms with E-state index in [1.807, 2.05) is 11.1 Å². The van der Waals surface area contributed by atoms with Gasteiger partial charge in [-0.3, -0.25) is 9.48 Å². The van der Waals surface area contributed by atoms with Crippen LogP contribution in [0, 0.1) is 5.92 Å². The Balaban J connectivity index is 1.61. The Hall–Kier alpha value is -2.12. The van der Waals surface area contributed by atoms with E-state index in [0.717, 1.165) is 44.7 Å². The van der Waals surface area contributed by atoms with Gasteiger partial charge in [0.25, 0.3) is 5.91 Å². The van der Waals surface area contributed by atoms with Crippen LogP contribution in [0.4, 0.5) is 0 Å². The molecule has 2 aliphatic rings. The molecular formula is C19H25N3O4. The lowest BCUT2D eigenvalue weighted by molar-refractivity contribution is 0.0432. The molecule has 0 radical (unpaired) electrons. The molecule has 26 heavy (non-hydrogen) atoms. The van der Waals surface area contributed by atoms with Crippen molar-refractivity contribution in [3.8, 4) is 0 Å². The Bertz CT molecular complexity index is 734. The van der Waals surface area contributed by atoms with Gasteiger partial charge in [-0.25, -0.2) is 0 Å². The van der Waals surface area contributed by atoms with E-state index in [2.05, 4.69) is 9.78 Å². The van der Waals surface area contributed by atoms with Gasteiger partial charge in [0, 0.05) is 33.4 Å². The first kappa shape index (κ1) is 17.3. The number of methoxy groups -OCH3 is 1. The van der Waals surface area contributed by atoms with E-state index in [-0.39, 0.29) is 11.9 Å². The molecule has 0 aromatic carbocycles. The molecule has 0 N–H and O–H groups in total. The van der Waals surface area contributed by atoms with Crippen LogP contribution in [0.5, 0.6) is 0 Å². The first-order valence-electron chi connectivity index (χ1n) is 9.23. The molecule has 7 heteroatoms. The normalized spacial score (nSPS) is 21.0. The van der Waals surface area contributed by atoms with E-state index < -0.39 is 0 Å². The number of nitrogens with zero attached hydrogens (tertiary/aromatic N) is 3. The second-order valence-corrected chi connectivity index (χ2v) is 6.99. The lowest BCUT2D eigenvalue weighted by Crippen LogP contribution is -2.43. The zero-order chi connectivity index (χ0) is 17.9. The van der Waals surface area contributed by atoms with Crippen LogP contribution < -0.4 is 0 Å². The highest BCUT2D eigenvalue weighted by atomic mass is 16.5. The number of amides is 1. The smallest absolute Gasteiger partial charge is 0.290 e. The Labute approximate surface area is 152 Å². The van der Waals surface area contributed by atoms with Crippen molar-refractivity contribution in [2.75, 3.05) is 33.5 Å². The first-order valence-corrected chi connectivity index (χ1v) is 9.23. The standard InChI is InChI=1S/C19H25N3O4/c1-24-13-16-18-15(4-7-21(16)19(23)17-3-2-8-26-17)11-20-22(18)12-14-5-9-25-10-6-14/h2-3,8,11,14,16H,4-7,9-10,12-13H2,1H3. The fourth-order valence-electron chi connectivity index (χ4n) is 3.99. The van der Waals surface area contributed by atoms with Gasteiger partial charge in [0.15, 0.2) is 5.76 Å². The molecule has 0 saturated carbocycles. The van der Waals surface area contributed by atoms with Crippen molar-refractivity contribution in [3.05, 3.63) is 41.6 Å². The number of ether oxygens (including phenoxy) is 2. The minimum atomic E-state index is -0.149. The maximum atomic E-state index is 12.9. The minimum absolute atomic E-state index is 0.0958. The fourth-order valence-corrected chi connectivity index (χ4v) is 3.99. The lowest BCUT2D eigenvalue weighted by atomic mass is 9.97. The van der Waals surface area contributed by atoms with Crippen LogP contribution in [-0.2, 0) is 22.4 Å². The highest BCUT2D eigenvalue weighted by Gasteiger charge is 2.35. The van der Waals surface area contributed by atoms with Gasteiger partial charge < -0.3 is 18.8 Å². The molecule has 2 aromatic rings. The molecule has 1 fully saturated rings. The molecule has 2 aliphatic heterocycles. The SMILES string of the molecule is COCC1c2c(cnn2CC2CCOCC2)CCN1C(=O)c1ccco1. The van der Waals surface area contributed by atoms with Gasteiger partial charge in [0.1, 0.15) is 0 Å². The first-order chi connectivity index (χ1) is 12.8. The van der Waals surface area contributed by atoms with Crippen molar-refractivity contribution in [2.45, 2.75) is 31.8 Å². The predicted octanol–water partition coefficient (Wildman–Crippen LogP) is 2.29. The Morgan fingerprint density at radius 2 is 2.23 bits per heavy atom. The summed E-state index contributed by atoms with van der Waals surface area (Å²) in [6, 6.07) is 3.30. The molecule has 0 bridgehead atoms. The summed E-state index contributed by atoms with van der Waals surface area (Å²) in [6.45, 7) is 3.58. The van der Waals surface area contributed by atoms with Gasteiger partial charge >= 0.3 is 0 Å². The topological polar surface area (TPSA) is 69.7 Å². The molecule has 140 valence electrons. The summed E-state index contributed by atoms with van der Waals surface area (Å²) < 4.78 is 18.3. The van der Waals surface area contributed by atoms with Crippen LogP contribution >= 0.6 is 0 Å². The molecule has 4 rings (SSSR count). The number of rotatable bonds is 5. The molecule has 4 heterocycles. The summed E-state index contributed by atoms with van der Waals surface area (Å²) in [7, 11) is 1.67. The number of furan rings is 1. The third-order valence-electron chi connectivity index (χ3n) is 5.36. The van der Waals surface area contributed by atoms with Gasteiger partial charge in [-0.1, -0.05) is 0 Å². The van der Waals surface area contributed by atoms with Crippen molar-refractivity contribution in [3.63, 3.8) is 0 Å². The van der Waals surface area contributed by atoms with Gasteiger partial charge in [-0.15, -0.1) is 0 Å². The van der Waals surface area contributed by atoms with E-state index in [9.17, 15) is 4.79 Å². The summed E-state index contributed by atoms with van der Waals surface area (Å²) in [5.41, 5.74) is 2.31. The quantitative estimate of drug-likeness (QED) is 0.819. The predicted molar refractivity (Wildman–Crippen MR) is 93.8 cm³/mol. The Morgan fingerprint density at radius 3 is 2.96 bits per heavy atom. The molecule has 0 aliphatic carbocycles. The average Bonchev–Trinajstić information content (AvgIpc) is 3.33. The van der Waals surface area contributed by atoms with Crippen molar-refractivity contribution in [1.29, 1.82) is 0 Å². The van der Waals surface area contributed by atoms with E-state index >= 15 is 0 Å². The zero-order valence-corrected chi connectivity index (χ0v) is 15.1. The number of hydrogen-bond acceptors (Lipinski definition) is 5. The zero-order valence-electron chi connectivity index (χ0n) is 15.1. The molecule has 1 unspecified atom stereocenters. The number of fused-ring (bicyclic) bond motifs is 1. The van der Waals surface area contributed by atoms with Crippen molar-refractivity contribution in [2.24, 2.45) is 5.92 Å². The highest BCUT2D eigenvalue weighted by molar-refractivity contribution is 5.92. The van der Waals surface area contributed by atoms with Crippen molar-refractivity contribution < 1.29 is 18.7 Å². The monoisotopic (exact) mass is 359 g/mol. The van der Waals surface area contributed by atoms with E-state index in [1.165, 1.54) is 11.8 Å². The molecule has 1 amide bonds. The van der Waals surface area contributed by atoms with Crippen LogP contribution in [0.1, 0.15) is 40.7 Å². The Kier molecular flexibility index (Phi) is 5.08. The van der Waals surface area contributed by atoms with E-state index in [1.54, 1.807) is 19.2 Å². The molecule has 1 atom stereocenters. The number of carbonyl (C=O) groups excluding carboxylic acids is 1. The summed E-state index contributed by atoms with van der Waals surface area (Å²) >= 11 is 0. The largest absolute Gasteiger partial charge is 0.459 e. The molecule has 7 nitrogen and oxygen atoms in total. The third kappa shape index (κ3) is 3.29. The minimum Gasteiger partial charge on any atom is -0.459 e. The molecule has 0 spiro atoms. The van der Waals surface area contributed by atoms with E-state index in [4.69, 9.17) is 13.9 Å². The summed E-state index contributed by atoms with van der Waals surface area (Å²) in [6.07, 6.45) is 6.39. The second kappa shape index (κ2) is 7.63. The number of aromatic nitrogens is 2. The van der Waals surface area contributed by atoms with Gasteiger partial charge in [-0.2, -0.15) is 5.10 Å². The van der Waals surface area contributed by atoms with Gasteiger partial charge in [0.05, 0.1) is 30.8 Å². The van der Waals surface area contributed by atoms with Crippen LogP contribution in [0.3, 0.4) is 0 Å². The van der Waals surface area contributed by atoms with E-state index in [0.29, 0.717) is 24.8 Å². The highest BCUT2D eigenvalue weighted by Crippen LogP contribution is 2.32. The van der Waals surface area contributed by atoms with Crippen molar-refractivity contribution in [1.82, 2.24) is 14.7 Å². The average molecular weight is 359 g/mol. The third-order valence-corrected chi connectivity index (χ3v) is 5.36. The maximum Gasteiger partial charge on any atom is 0.290 e. The number of hydrogen-bond donors (Lipinski definition) is 0. The summed E-state index contributed by atoms with van der Waals surface area (Å²) in [5.74, 6) is 0.832. The van der Waals surface area contributed by atoms with Crippen molar-refractivity contribution >= 4 is 5.91 Å².